The molecule has 1 aliphatic heterocycles. The molecule has 2 aromatic rings. The first-order valence-corrected chi connectivity index (χ1v) is 9.71. The number of nitrogens with zero attached hydrogens (tertiary/aromatic N) is 2. The third-order valence-corrected chi connectivity index (χ3v) is 5.45. The fourth-order valence-electron chi connectivity index (χ4n) is 3.82. The van der Waals surface area contributed by atoms with Gasteiger partial charge in [-0.15, -0.1) is 0 Å². The fraction of sp³-hybridized carbons (Fsp3) is 0.455. The summed E-state index contributed by atoms with van der Waals surface area (Å²) in [6, 6.07) is 14.1. The van der Waals surface area contributed by atoms with Crippen molar-refractivity contribution in [3.8, 4) is 5.75 Å². The average Bonchev–Trinajstić information content (AvgIpc) is 2.70. The van der Waals surface area contributed by atoms with Crippen LogP contribution in [0.25, 0.3) is 10.8 Å². The maximum Gasteiger partial charge on any atom is 0.260 e. The van der Waals surface area contributed by atoms with E-state index in [0.29, 0.717) is 18.8 Å². The summed E-state index contributed by atoms with van der Waals surface area (Å²) in [5.74, 6) is 0.765. The van der Waals surface area contributed by atoms with Crippen LogP contribution in [-0.2, 0) is 9.59 Å². The summed E-state index contributed by atoms with van der Waals surface area (Å²) < 4.78 is 5.79. The smallest absolute Gasteiger partial charge is 0.260 e. The molecule has 0 N–H and O–H groups in total. The molecule has 0 unspecified atom stereocenters. The zero-order valence-corrected chi connectivity index (χ0v) is 16.4. The quantitative estimate of drug-likeness (QED) is 0.812. The number of hydrogen-bond donors (Lipinski definition) is 0. The van der Waals surface area contributed by atoms with Crippen molar-refractivity contribution in [1.29, 1.82) is 0 Å². The van der Waals surface area contributed by atoms with Gasteiger partial charge < -0.3 is 14.5 Å². The van der Waals surface area contributed by atoms with Gasteiger partial charge in [0.05, 0.1) is 0 Å². The summed E-state index contributed by atoms with van der Waals surface area (Å²) in [4.78, 5) is 28.6. The van der Waals surface area contributed by atoms with Crippen molar-refractivity contribution >= 4 is 22.6 Å². The highest BCUT2D eigenvalue weighted by molar-refractivity contribution is 5.84. The van der Waals surface area contributed by atoms with E-state index in [9.17, 15) is 9.59 Å². The Bertz CT molecular complexity index is 820. The first-order valence-electron chi connectivity index (χ1n) is 9.71. The van der Waals surface area contributed by atoms with Gasteiger partial charge in [-0.2, -0.15) is 0 Å². The third-order valence-electron chi connectivity index (χ3n) is 5.45. The van der Waals surface area contributed by atoms with Crippen LogP contribution >= 0.6 is 0 Å². The molecule has 2 aromatic carbocycles. The predicted octanol–water partition coefficient (Wildman–Crippen LogP) is 3.47. The van der Waals surface area contributed by atoms with Crippen LogP contribution in [0.1, 0.15) is 33.6 Å². The summed E-state index contributed by atoms with van der Waals surface area (Å²) in [6.45, 7) is 6.92. The molecule has 5 nitrogen and oxygen atoms in total. The minimum Gasteiger partial charge on any atom is -0.484 e. The van der Waals surface area contributed by atoms with Crippen molar-refractivity contribution in [2.45, 2.75) is 45.7 Å². The average molecular weight is 368 g/mol. The SMILES string of the molecule is CC[C@H]1CN(C(=O)COc2ccc3ccccc3c2)[C@H](CC)CN1C(C)=O. The van der Waals surface area contributed by atoms with Crippen LogP contribution in [0.3, 0.4) is 0 Å². The molecule has 5 heteroatoms. The number of carbonyl (C=O) groups excluding carboxylic acids is 2. The van der Waals surface area contributed by atoms with Gasteiger partial charge in [-0.05, 0) is 35.7 Å². The molecule has 0 saturated carbocycles. The maximum absolute atomic E-state index is 12.8. The molecule has 1 heterocycles. The Morgan fingerprint density at radius 3 is 2.26 bits per heavy atom. The Balaban J connectivity index is 1.67. The van der Waals surface area contributed by atoms with Crippen LogP contribution in [0.2, 0.25) is 0 Å². The van der Waals surface area contributed by atoms with E-state index in [1.807, 2.05) is 46.2 Å². The number of carbonyl (C=O) groups is 2. The monoisotopic (exact) mass is 368 g/mol. The molecule has 0 aromatic heterocycles. The van der Waals surface area contributed by atoms with Crippen molar-refractivity contribution in [2.24, 2.45) is 0 Å². The number of rotatable bonds is 5. The molecule has 1 fully saturated rings. The first-order chi connectivity index (χ1) is 13.0. The van der Waals surface area contributed by atoms with Gasteiger partial charge >= 0.3 is 0 Å². The van der Waals surface area contributed by atoms with Crippen LogP contribution in [-0.4, -0.2) is 53.4 Å². The Morgan fingerprint density at radius 1 is 0.963 bits per heavy atom. The minimum absolute atomic E-state index is 0.0170. The lowest BCUT2D eigenvalue weighted by Crippen LogP contribution is -2.61. The van der Waals surface area contributed by atoms with Crippen LogP contribution in [0, 0.1) is 0 Å². The van der Waals surface area contributed by atoms with E-state index in [1.165, 1.54) is 0 Å². The number of amides is 2. The molecular formula is C22H28N2O3. The van der Waals surface area contributed by atoms with Gasteiger partial charge in [0.25, 0.3) is 5.91 Å². The molecular weight excluding hydrogens is 340 g/mol. The lowest BCUT2D eigenvalue weighted by atomic mass is 10.0. The summed E-state index contributed by atoms with van der Waals surface area (Å²) >= 11 is 0. The summed E-state index contributed by atoms with van der Waals surface area (Å²) in [6.07, 6.45) is 1.66. The highest BCUT2D eigenvalue weighted by Crippen LogP contribution is 2.22. The van der Waals surface area contributed by atoms with Crippen molar-refractivity contribution in [3.05, 3.63) is 42.5 Å². The molecule has 0 spiro atoms. The van der Waals surface area contributed by atoms with E-state index in [0.717, 1.165) is 23.6 Å². The first kappa shape index (κ1) is 19.2. The minimum atomic E-state index is -0.0170. The topological polar surface area (TPSA) is 49.9 Å². The zero-order valence-electron chi connectivity index (χ0n) is 16.4. The summed E-state index contributed by atoms with van der Waals surface area (Å²) in [5.41, 5.74) is 0. The van der Waals surface area contributed by atoms with E-state index in [-0.39, 0.29) is 30.5 Å². The molecule has 2 atom stereocenters. The Kier molecular flexibility index (Phi) is 5.99. The fourth-order valence-corrected chi connectivity index (χ4v) is 3.82. The van der Waals surface area contributed by atoms with Crippen LogP contribution < -0.4 is 4.74 Å². The Hall–Kier alpha value is -2.56. The number of ether oxygens (including phenoxy) is 1. The second kappa shape index (κ2) is 8.42. The van der Waals surface area contributed by atoms with Crippen molar-refractivity contribution in [2.75, 3.05) is 19.7 Å². The number of piperazine rings is 1. The molecule has 27 heavy (non-hydrogen) atoms. The van der Waals surface area contributed by atoms with Gasteiger partial charge in [0.2, 0.25) is 5.91 Å². The standard InChI is InChI=1S/C22H28N2O3/c1-4-19-14-24(20(5-2)13-23(19)16(3)25)22(26)15-27-21-11-10-17-8-6-7-9-18(17)12-21/h6-12,19-20H,4-5,13-15H2,1-3H3/t19-,20+/m0/s1. The summed E-state index contributed by atoms with van der Waals surface area (Å²) in [7, 11) is 0. The van der Waals surface area contributed by atoms with Crippen molar-refractivity contribution in [1.82, 2.24) is 9.80 Å². The number of benzene rings is 2. The normalized spacial score (nSPS) is 20.0. The summed E-state index contributed by atoms with van der Waals surface area (Å²) in [5, 5.41) is 2.24. The van der Waals surface area contributed by atoms with E-state index in [4.69, 9.17) is 4.74 Å². The second-order valence-electron chi connectivity index (χ2n) is 7.14. The molecule has 0 aliphatic carbocycles. The molecule has 3 rings (SSSR count). The largest absolute Gasteiger partial charge is 0.484 e. The Morgan fingerprint density at radius 2 is 1.59 bits per heavy atom. The lowest BCUT2D eigenvalue weighted by Gasteiger charge is -2.45. The number of hydrogen-bond acceptors (Lipinski definition) is 3. The molecule has 1 saturated heterocycles. The highest BCUT2D eigenvalue weighted by atomic mass is 16.5. The molecule has 0 radical (unpaired) electrons. The van der Waals surface area contributed by atoms with E-state index >= 15 is 0 Å². The Labute approximate surface area is 160 Å². The van der Waals surface area contributed by atoms with E-state index in [1.54, 1.807) is 6.92 Å². The van der Waals surface area contributed by atoms with E-state index < -0.39 is 0 Å². The van der Waals surface area contributed by atoms with Crippen molar-refractivity contribution in [3.63, 3.8) is 0 Å². The molecule has 2 amide bonds. The van der Waals surface area contributed by atoms with Gasteiger partial charge in [-0.1, -0.05) is 44.2 Å². The maximum atomic E-state index is 12.8. The van der Waals surface area contributed by atoms with Gasteiger partial charge in [0.15, 0.2) is 6.61 Å². The second-order valence-corrected chi connectivity index (χ2v) is 7.14. The molecule has 144 valence electrons. The van der Waals surface area contributed by atoms with Crippen LogP contribution in [0.4, 0.5) is 0 Å². The van der Waals surface area contributed by atoms with Gasteiger partial charge in [0.1, 0.15) is 5.75 Å². The van der Waals surface area contributed by atoms with Crippen LogP contribution in [0.15, 0.2) is 42.5 Å². The third kappa shape index (κ3) is 4.24. The zero-order chi connectivity index (χ0) is 19.4. The van der Waals surface area contributed by atoms with Crippen molar-refractivity contribution < 1.29 is 14.3 Å². The molecule has 1 aliphatic rings. The van der Waals surface area contributed by atoms with Gasteiger partial charge in [0, 0.05) is 32.1 Å². The number of fused-ring (bicyclic) bond motifs is 1. The van der Waals surface area contributed by atoms with E-state index in [2.05, 4.69) is 19.9 Å². The lowest BCUT2D eigenvalue weighted by molar-refractivity contribution is -0.147. The van der Waals surface area contributed by atoms with Crippen LogP contribution in [0.5, 0.6) is 5.75 Å². The van der Waals surface area contributed by atoms with Gasteiger partial charge in [-0.3, -0.25) is 9.59 Å². The predicted molar refractivity (Wildman–Crippen MR) is 107 cm³/mol. The molecule has 0 bridgehead atoms. The van der Waals surface area contributed by atoms with Gasteiger partial charge in [-0.25, -0.2) is 0 Å². The highest BCUT2D eigenvalue weighted by Gasteiger charge is 2.35.